The van der Waals surface area contributed by atoms with E-state index < -0.39 is 5.91 Å². The van der Waals surface area contributed by atoms with Crippen LogP contribution in [0.5, 0.6) is 0 Å². The van der Waals surface area contributed by atoms with Gasteiger partial charge in [0.2, 0.25) is 0 Å². The van der Waals surface area contributed by atoms with Crippen LogP contribution >= 0.6 is 0 Å². The number of aliphatic hydroxyl groups is 1. The minimum Gasteiger partial charge on any atom is -0.396 e. The molecular weight excluding hydrogens is 220 g/mol. The van der Waals surface area contributed by atoms with E-state index in [1.807, 2.05) is 12.2 Å². The summed E-state index contributed by atoms with van der Waals surface area (Å²) in [6.07, 6.45) is 7.60. The number of amides is 1. The van der Waals surface area contributed by atoms with Gasteiger partial charge in [-0.2, -0.15) is 0 Å². The minimum absolute atomic E-state index is 0.101. The zero-order chi connectivity index (χ0) is 12.3. The molecule has 1 aromatic heterocycles. The van der Waals surface area contributed by atoms with Crippen LogP contribution in [0, 0.1) is 5.92 Å². The van der Waals surface area contributed by atoms with E-state index in [0.717, 1.165) is 6.42 Å². The summed E-state index contributed by atoms with van der Waals surface area (Å²) < 4.78 is 0. The number of primary amides is 1. The highest BCUT2D eigenvalue weighted by molar-refractivity contribution is 5.90. The lowest BCUT2D eigenvalue weighted by atomic mass is 10.1. The predicted molar refractivity (Wildman–Crippen MR) is 62.3 cm³/mol. The van der Waals surface area contributed by atoms with Crippen LogP contribution < -0.4 is 11.1 Å². The Labute approximate surface area is 98.6 Å². The van der Waals surface area contributed by atoms with Gasteiger partial charge in [0.05, 0.1) is 12.4 Å². The van der Waals surface area contributed by atoms with Gasteiger partial charge in [-0.05, 0) is 6.42 Å². The quantitative estimate of drug-likeness (QED) is 0.633. The molecular formula is C11H14N4O2. The first-order valence-corrected chi connectivity index (χ1v) is 5.36. The molecule has 90 valence electrons. The molecule has 0 radical (unpaired) electrons. The highest BCUT2D eigenvalue weighted by atomic mass is 16.3. The van der Waals surface area contributed by atoms with Gasteiger partial charge in [0.1, 0.15) is 11.5 Å². The van der Waals surface area contributed by atoms with Crippen LogP contribution in [0.1, 0.15) is 16.9 Å². The van der Waals surface area contributed by atoms with Gasteiger partial charge in [-0.25, -0.2) is 4.98 Å². The highest BCUT2D eigenvalue weighted by Gasteiger charge is 2.18. The summed E-state index contributed by atoms with van der Waals surface area (Å²) in [7, 11) is 0. The largest absolute Gasteiger partial charge is 0.396 e. The Hall–Kier alpha value is -1.95. The van der Waals surface area contributed by atoms with Crippen molar-refractivity contribution < 1.29 is 9.90 Å². The maximum Gasteiger partial charge on any atom is 0.268 e. The molecule has 2 rings (SSSR count). The van der Waals surface area contributed by atoms with Crippen molar-refractivity contribution in [3.63, 3.8) is 0 Å². The Bertz CT molecular complexity index is 447. The summed E-state index contributed by atoms with van der Waals surface area (Å²) in [4.78, 5) is 18.9. The predicted octanol–water partition coefficient (Wildman–Crippen LogP) is -0.0756. The minimum atomic E-state index is -0.601. The van der Waals surface area contributed by atoms with E-state index in [1.54, 1.807) is 0 Å². The van der Waals surface area contributed by atoms with Crippen LogP contribution in [0.3, 0.4) is 0 Å². The van der Waals surface area contributed by atoms with Crippen molar-refractivity contribution in [1.29, 1.82) is 0 Å². The maximum absolute atomic E-state index is 10.9. The first-order chi connectivity index (χ1) is 8.19. The molecule has 0 fully saturated rings. The Morgan fingerprint density at radius 2 is 2.35 bits per heavy atom. The number of anilines is 1. The van der Waals surface area contributed by atoms with Crippen LogP contribution in [0.25, 0.3) is 0 Å². The number of carbonyl (C=O) groups is 1. The zero-order valence-electron chi connectivity index (χ0n) is 9.21. The van der Waals surface area contributed by atoms with Crippen LogP contribution in [0.15, 0.2) is 24.5 Å². The monoisotopic (exact) mass is 234 g/mol. The van der Waals surface area contributed by atoms with Gasteiger partial charge in [0.25, 0.3) is 5.91 Å². The van der Waals surface area contributed by atoms with Crippen molar-refractivity contribution >= 4 is 11.7 Å². The van der Waals surface area contributed by atoms with Gasteiger partial charge in [0, 0.05) is 18.6 Å². The van der Waals surface area contributed by atoms with Gasteiger partial charge < -0.3 is 16.2 Å². The molecule has 6 heteroatoms. The third-order valence-electron chi connectivity index (χ3n) is 2.63. The number of nitrogens with zero attached hydrogens (tertiary/aromatic N) is 2. The fourth-order valence-corrected chi connectivity index (χ4v) is 1.76. The Morgan fingerprint density at radius 3 is 3.00 bits per heavy atom. The summed E-state index contributed by atoms with van der Waals surface area (Å²) in [6.45, 7) is 0.141. The van der Waals surface area contributed by atoms with Crippen LogP contribution in [-0.2, 0) is 0 Å². The molecule has 17 heavy (non-hydrogen) atoms. The third kappa shape index (κ3) is 2.79. The topological polar surface area (TPSA) is 101 Å². The molecule has 0 unspecified atom stereocenters. The number of aromatic nitrogens is 2. The average Bonchev–Trinajstić information content (AvgIpc) is 2.77. The standard InChI is InChI=1S/C11H14N4O2/c12-11(17)9-4-13-5-10(15-9)14-8-2-1-7(3-8)6-16/h1-2,4-5,7-8,16H,3,6H2,(H2,12,17)(H,14,15)/t7-,8+/m1/s1. The molecule has 6 nitrogen and oxygen atoms in total. The molecule has 1 amide bonds. The molecule has 0 aliphatic heterocycles. The van der Waals surface area contributed by atoms with Gasteiger partial charge in [-0.1, -0.05) is 12.2 Å². The smallest absolute Gasteiger partial charge is 0.268 e. The molecule has 1 aliphatic rings. The van der Waals surface area contributed by atoms with Crippen molar-refractivity contribution in [2.24, 2.45) is 11.7 Å². The van der Waals surface area contributed by atoms with Crippen LogP contribution in [0.4, 0.5) is 5.82 Å². The van der Waals surface area contributed by atoms with E-state index >= 15 is 0 Å². The SMILES string of the molecule is NC(=O)c1cncc(N[C@H]2C=C[C@@H](CO)C2)n1. The molecule has 0 saturated heterocycles. The number of nitrogens with two attached hydrogens (primary N) is 1. The summed E-state index contributed by atoms with van der Waals surface area (Å²) in [5.74, 6) is 0.0886. The lowest BCUT2D eigenvalue weighted by Gasteiger charge is -2.13. The molecule has 4 N–H and O–H groups in total. The lowest BCUT2D eigenvalue weighted by Crippen LogP contribution is -2.19. The second kappa shape index (κ2) is 4.92. The fraction of sp³-hybridized carbons (Fsp3) is 0.364. The number of aliphatic hydroxyl groups excluding tert-OH is 1. The van der Waals surface area contributed by atoms with E-state index in [1.165, 1.54) is 12.4 Å². The number of carbonyl (C=O) groups excluding carboxylic acids is 1. The summed E-state index contributed by atoms with van der Waals surface area (Å²) in [5, 5.41) is 12.1. The van der Waals surface area contributed by atoms with Gasteiger partial charge in [0.15, 0.2) is 0 Å². The normalized spacial score (nSPS) is 22.6. The third-order valence-corrected chi connectivity index (χ3v) is 2.63. The summed E-state index contributed by atoms with van der Waals surface area (Å²) in [6, 6.07) is 0.101. The molecule has 1 heterocycles. The van der Waals surface area contributed by atoms with Crippen molar-refractivity contribution in [2.75, 3.05) is 11.9 Å². The van der Waals surface area contributed by atoms with Crippen molar-refractivity contribution in [1.82, 2.24) is 9.97 Å². The summed E-state index contributed by atoms with van der Waals surface area (Å²) in [5.41, 5.74) is 5.25. The van der Waals surface area contributed by atoms with Crippen LogP contribution in [-0.4, -0.2) is 33.6 Å². The number of hydrogen-bond acceptors (Lipinski definition) is 5. The molecule has 0 aromatic carbocycles. The Kier molecular flexibility index (Phi) is 3.34. The molecule has 0 saturated carbocycles. The number of hydrogen-bond donors (Lipinski definition) is 3. The maximum atomic E-state index is 10.9. The van der Waals surface area contributed by atoms with Gasteiger partial charge >= 0.3 is 0 Å². The second-order valence-electron chi connectivity index (χ2n) is 3.97. The molecule has 2 atom stereocenters. The Morgan fingerprint density at radius 1 is 1.53 bits per heavy atom. The van der Waals surface area contributed by atoms with E-state index in [0.29, 0.717) is 5.82 Å². The fourth-order valence-electron chi connectivity index (χ4n) is 1.76. The molecule has 0 spiro atoms. The second-order valence-corrected chi connectivity index (χ2v) is 3.97. The van der Waals surface area contributed by atoms with E-state index in [2.05, 4.69) is 15.3 Å². The van der Waals surface area contributed by atoms with E-state index in [-0.39, 0.29) is 24.3 Å². The van der Waals surface area contributed by atoms with Gasteiger partial charge in [-0.3, -0.25) is 9.78 Å². The highest BCUT2D eigenvalue weighted by Crippen LogP contribution is 2.19. The molecule has 0 bridgehead atoms. The van der Waals surface area contributed by atoms with Crippen LogP contribution in [0.2, 0.25) is 0 Å². The number of nitrogens with one attached hydrogen (secondary N) is 1. The first-order valence-electron chi connectivity index (χ1n) is 5.36. The van der Waals surface area contributed by atoms with E-state index in [4.69, 9.17) is 10.8 Å². The molecule has 1 aromatic rings. The number of rotatable bonds is 4. The van der Waals surface area contributed by atoms with Crippen molar-refractivity contribution in [3.8, 4) is 0 Å². The Balaban J connectivity index is 2.02. The van der Waals surface area contributed by atoms with E-state index in [9.17, 15) is 4.79 Å². The summed E-state index contributed by atoms with van der Waals surface area (Å²) >= 11 is 0. The average molecular weight is 234 g/mol. The first kappa shape index (κ1) is 11.5. The van der Waals surface area contributed by atoms with Crippen molar-refractivity contribution in [2.45, 2.75) is 12.5 Å². The zero-order valence-corrected chi connectivity index (χ0v) is 9.21. The van der Waals surface area contributed by atoms with Crippen molar-refractivity contribution in [3.05, 3.63) is 30.2 Å². The molecule has 1 aliphatic carbocycles. The van der Waals surface area contributed by atoms with Gasteiger partial charge in [-0.15, -0.1) is 0 Å². The lowest BCUT2D eigenvalue weighted by molar-refractivity contribution is 0.0995.